The van der Waals surface area contributed by atoms with E-state index in [9.17, 15) is 9.59 Å². The first-order valence-corrected chi connectivity index (χ1v) is 7.65. The summed E-state index contributed by atoms with van der Waals surface area (Å²) in [6.07, 6.45) is 0.677. The zero-order chi connectivity index (χ0) is 15.7. The number of hydrogen-bond acceptors (Lipinski definition) is 2. The molecule has 4 heteroatoms. The van der Waals surface area contributed by atoms with Crippen molar-refractivity contribution in [1.82, 2.24) is 10.2 Å². The van der Waals surface area contributed by atoms with E-state index in [4.69, 9.17) is 0 Å². The molecule has 0 aliphatic carbocycles. The Kier molecular flexibility index (Phi) is 3.84. The maximum Gasteiger partial charge on any atom is 0.325 e. The average Bonchev–Trinajstić information content (AvgIpc) is 2.74. The number of nitrogens with one attached hydrogen (secondary N) is 1. The number of urea groups is 1. The van der Waals surface area contributed by atoms with Gasteiger partial charge in [-0.05, 0) is 28.7 Å². The molecule has 2 aromatic rings. The SMILES string of the molecule is CC(C)CC1NC(=O)N(Cc2cccc3ccccc23)C1=O. The average molecular weight is 296 g/mol. The van der Waals surface area contributed by atoms with Crippen molar-refractivity contribution in [3.8, 4) is 0 Å². The zero-order valence-corrected chi connectivity index (χ0v) is 12.9. The summed E-state index contributed by atoms with van der Waals surface area (Å²) in [4.78, 5) is 25.9. The second-order valence-electron chi connectivity index (χ2n) is 6.19. The molecule has 3 rings (SSSR count). The van der Waals surface area contributed by atoms with Gasteiger partial charge in [-0.2, -0.15) is 0 Å². The Balaban J connectivity index is 1.86. The maximum atomic E-state index is 12.4. The predicted molar refractivity (Wildman–Crippen MR) is 86.3 cm³/mol. The van der Waals surface area contributed by atoms with Crippen molar-refractivity contribution in [1.29, 1.82) is 0 Å². The van der Waals surface area contributed by atoms with Gasteiger partial charge >= 0.3 is 6.03 Å². The van der Waals surface area contributed by atoms with Gasteiger partial charge < -0.3 is 5.32 Å². The van der Waals surface area contributed by atoms with Gasteiger partial charge in [-0.25, -0.2) is 4.79 Å². The Hall–Kier alpha value is -2.36. The standard InChI is InChI=1S/C18H20N2O2/c1-12(2)10-16-17(21)20(18(22)19-16)11-14-8-5-7-13-6-3-4-9-15(13)14/h3-9,12,16H,10-11H2,1-2H3,(H,19,22). The van der Waals surface area contributed by atoms with Crippen LogP contribution in [0.4, 0.5) is 4.79 Å². The van der Waals surface area contributed by atoms with E-state index in [0.29, 0.717) is 18.9 Å². The molecule has 1 fully saturated rings. The Labute approximate surface area is 130 Å². The number of imide groups is 1. The highest BCUT2D eigenvalue weighted by molar-refractivity contribution is 6.04. The molecule has 0 spiro atoms. The lowest BCUT2D eigenvalue weighted by molar-refractivity contribution is -0.128. The molecule has 1 aliphatic heterocycles. The fourth-order valence-electron chi connectivity index (χ4n) is 2.96. The van der Waals surface area contributed by atoms with Crippen molar-refractivity contribution >= 4 is 22.7 Å². The first kappa shape index (κ1) is 14.6. The lowest BCUT2D eigenvalue weighted by Crippen LogP contribution is -2.31. The van der Waals surface area contributed by atoms with Gasteiger partial charge in [0.15, 0.2) is 0 Å². The molecule has 114 valence electrons. The summed E-state index contributed by atoms with van der Waals surface area (Å²) in [7, 11) is 0. The van der Waals surface area contributed by atoms with Crippen LogP contribution in [-0.2, 0) is 11.3 Å². The van der Waals surface area contributed by atoms with Crippen LogP contribution >= 0.6 is 0 Å². The van der Waals surface area contributed by atoms with Crippen molar-refractivity contribution in [2.75, 3.05) is 0 Å². The van der Waals surface area contributed by atoms with E-state index in [1.54, 1.807) is 0 Å². The van der Waals surface area contributed by atoms with Crippen LogP contribution in [0, 0.1) is 5.92 Å². The van der Waals surface area contributed by atoms with E-state index in [2.05, 4.69) is 5.32 Å². The van der Waals surface area contributed by atoms with Crippen LogP contribution in [0.1, 0.15) is 25.8 Å². The minimum Gasteiger partial charge on any atom is -0.326 e. The lowest BCUT2D eigenvalue weighted by atomic mass is 10.0. The van der Waals surface area contributed by atoms with Crippen LogP contribution in [-0.4, -0.2) is 22.9 Å². The predicted octanol–water partition coefficient (Wildman–Crippen LogP) is 3.31. The molecule has 1 heterocycles. The number of nitrogens with zero attached hydrogens (tertiary/aromatic N) is 1. The number of hydrogen-bond donors (Lipinski definition) is 1. The molecule has 0 saturated carbocycles. The molecular formula is C18H20N2O2. The first-order chi connectivity index (χ1) is 10.6. The largest absolute Gasteiger partial charge is 0.326 e. The van der Waals surface area contributed by atoms with E-state index in [1.165, 1.54) is 4.90 Å². The molecule has 4 nitrogen and oxygen atoms in total. The van der Waals surface area contributed by atoms with Gasteiger partial charge in [0.1, 0.15) is 6.04 Å². The van der Waals surface area contributed by atoms with Crippen LogP contribution in [0.2, 0.25) is 0 Å². The van der Waals surface area contributed by atoms with Crippen molar-refractivity contribution in [2.24, 2.45) is 5.92 Å². The van der Waals surface area contributed by atoms with Gasteiger partial charge in [-0.1, -0.05) is 56.3 Å². The molecule has 1 atom stereocenters. The summed E-state index contributed by atoms with van der Waals surface area (Å²) in [6.45, 7) is 4.42. The molecule has 1 aliphatic rings. The highest BCUT2D eigenvalue weighted by Gasteiger charge is 2.38. The third kappa shape index (κ3) is 2.69. The molecule has 0 bridgehead atoms. The second kappa shape index (κ2) is 5.79. The van der Waals surface area contributed by atoms with Crippen LogP contribution in [0.25, 0.3) is 10.8 Å². The number of amides is 3. The van der Waals surface area contributed by atoms with Crippen molar-refractivity contribution < 1.29 is 9.59 Å². The monoisotopic (exact) mass is 296 g/mol. The summed E-state index contributed by atoms with van der Waals surface area (Å²) >= 11 is 0. The van der Waals surface area contributed by atoms with E-state index >= 15 is 0 Å². The molecule has 1 unspecified atom stereocenters. The van der Waals surface area contributed by atoms with Gasteiger partial charge in [-0.3, -0.25) is 9.69 Å². The molecular weight excluding hydrogens is 276 g/mol. The summed E-state index contributed by atoms with van der Waals surface area (Å²) in [6, 6.07) is 13.3. The van der Waals surface area contributed by atoms with Gasteiger partial charge in [0.2, 0.25) is 0 Å². The summed E-state index contributed by atoms with van der Waals surface area (Å²) in [5, 5.41) is 4.99. The third-order valence-electron chi connectivity index (χ3n) is 4.02. The molecule has 2 aromatic carbocycles. The number of carbonyl (C=O) groups is 2. The van der Waals surface area contributed by atoms with Crippen LogP contribution < -0.4 is 5.32 Å². The first-order valence-electron chi connectivity index (χ1n) is 7.65. The number of carbonyl (C=O) groups excluding carboxylic acids is 2. The molecule has 1 N–H and O–H groups in total. The van der Waals surface area contributed by atoms with Crippen LogP contribution in [0.5, 0.6) is 0 Å². The van der Waals surface area contributed by atoms with Crippen molar-refractivity contribution in [3.63, 3.8) is 0 Å². The fourth-order valence-corrected chi connectivity index (χ4v) is 2.96. The third-order valence-corrected chi connectivity index (χ3v) is 4.02. The normalized spacial score (nSPS) is 18.3. The molecule has 1 saturated heterocycles. The molecule has 0 radical (unpaired) electrons. The number of benzene rings is 2. The highest BCUT2D eigenvalue weighted by atomic mass is 16.2. The Bertz CT molecular complexity index is 719. The Morgan fingerprint density at radius 2 is 1.82 bits per heavy atom. The Morgan fingerprint density at radius 1 is 1.09 bits per heavy atom. The number of fused-ring (bicyclic) bond motifs is 1. The Morgan fingerprint density at radius 3 is 2.59 bits per heavy atom. The van der Waals surface area contributed by atoms with Crippen LogP contribution in [0.3, 0.4) is 0 Å². The van der Waals surface area contributed by atoms with Gasteiger partial charge in [0, 0.05) is 0 Å². The maximum absolute atomic E-state index is 12.4. The topological polar surface area (TPSA) is 49.4 Å². The minimum absolute atomic E-state index is 0.119. The van der Waals surface area contributed by atoms with E-state index < -0.39 is 0 Å². The molecule has 3 amide bonds. The second-order valence-corrected chi connectivity index (χ2v) is 6.19. The van der Waals surface area contributed by atoms with Crippen molar-refractivity contribution in [2.45, 2.75) is 32.9 Å². The smallest absolute Gasteiger partial charge is 0.325 e. The van der Waals surface area contributed by atoms with E-state index in [1.807, 2.05) is 56.3 Å². The van der Waals surface area contributed by atoms with E-state index in [0.717, 1.165) is 16.3 Å². The van der Waals surface area contributed by atoms with Crippen LogP contribution in [0.15, 0.2) is 42.5 Å². The van der Waals surface area contributed by atoms with E-state index in [-0.39, 0.29) is 18.0 Å². The fraction of sp³-hybridized carbons (Fsp3) is 0.333. The molecule has 0 aromatic heterocycles. The quantitative estimate of drug-likeness (QED) is 0.880. The van der Waals surface area contributed by atoms with Gasteiger partial charge in [0.05, 0.1) is 6.54 Å². The summed E-state index contributed by atoms with van der Waals surface area (Å²) in [5.41, 5.74) is 0.992. The minimum atomic E-state index is -0.387. The van der Waals surface area contributed by atoms with Gasteiger partial charge in [0.25, 0.3) is 5.91 Å². The molecule has 22 heavy (non-hydrogen) atoms. The summed E-state index contributed by atoms with van der Waals surface area (Å²) in [5.74, 6) is 0.249. The highest BCUT2D eigenvalue weighted by Crippen LogP contribution is 2.22. The van der Waals surface area contributed by atoms with Crippen molar-refractivity contribution in [3.05, 3.63) is 48.0 Å². The zero-order valence-electron chi connectivity index (χ0n) is 12.9. The summed E-state index contributed by atoms with van der Waals surface area (Å²) < 4.78 is 0. The van der Waals surface area contributed by atoms with Gasteiger partial charge in [-0.15, -0.1) is 0 Å². The lowest BCUT2D eigenvalue weighted by Gasteiger charge is -2.15. The number of rotatable bonds is 4.